The van der Waals surface area contributed by atoms with Crippen molar-refractivity contribution in [3.05, 3.63) is 122 Å². The zero-order valence-electron chi connectivity index (χ0n) is 45.2. The predicted molar refractivity (Wildman–Crippen MR) is 302 cm³/mol. The molecular weight excluding hydrogens is 865 g/mol. The van der Waals surface area contributed by atoms with Crippen LogP contribution in [0.15, 0.2) is 122 Å². The van der Waals surface area contributed by atoms with E-state index in [1.807, 2.05) is 0 Å². The SMILES string of the molecule is CC/C=C\C/C=C\C/C=C\C/C=C\C/C=C\C/C=C\CCCCCCC(=O)OCC(COC(=O)CCCCCCCCCCCC)OC(=O)CCCCCCCC/C=C\C/C=C\C/C=C\C/C=C\CC. The van der Waals surface area contributed by atoms with Crippen LogP contribution in [-0.4, -0.2) is 37.2 Å². The summed E-state index contributed by atoms with van der Waals surface area (Å²) in [6.07, 6.45) is 79.0. The van der Waals surface area contributed by atoms with E-state index in [0.717, 1.165) is 148 Å². The van der Waals surface area contributed by atoms with Crippen molar-refractivity contribution in [2.75, 3.05) is 13.2 Å². The molecule has 0 aliphatic rings. The van der Waals surface area contributed by atoms with Crippen LogP contribution < -0.4 is 0 Å². The van der Waals surface area contributed by atoms with E-state index >= 15 is 0 Å². The van der Waals surface area contributed by atoms with Crippen LogP contribution in [0.3, 0.4) is 0 Å². The highest BCUT2D eigenvalue weighted by molar-refractivity contribution is 5.71. The molecule has 0 aromatic rings. The Morgan fingerprint density at radius 3 is 0.871 bits per heavy atom. The number of hydrogen-bond donors (Lipinski definition) is 0. The summed E-state index contributed by atoms with van der Waals surface area (Å²) < 4.78 is 16.8. The van der Waals surface area contributed by atoms with Gasteiger partial charge in [-0.05, 0) is 109 Å². The van der Waals surface area contributed by atoms with E-state index in [-0.39, 0.29) is 31.1 Å². The monoisotopic (exact) mass is 969 g/mol. The quantitative estimate of drug-likeness (QED) is 0.0262. The van der Waals surface area contributed by atoms with Gasteiger partial charge in [0, 0.05) is 19.3 Å². The molecule has 0 aliphatic heterocycles. The summed E-state index contributed by atoms with van der Waals surface area (Å²) in [6, 6.07) is 0. The van der Waals surface area contributed by atoms with Crippen molar-refractivity contribution in [2.45, 2.75) is 252 Å². The Balaban J connectivity index is 4.41. The zero-order valence-corrected chi connectivity index (χ0v) is 45.2. The largest absolute Gasteiger partial charge is 0.462 e. The molecule has 6 heteroatoms. The lowest BCUT2D eigenvalue weighted by Crippen LogP contribution is -2.30. The van der Waals surface area contributed by atoms with Gasteiger partial charge in [-0.2, -0.15) is 0 Å². The summed E-state index contributed by atoms with van der Waals surface area (Å²) in [5.41, 5.74) is 0. The third kappa shape index (κ3) is 54.7. The molecule has 396 valence electrons. The van der Waals surface area contributed by atoms with Gasteiger partial charge in [-0.1, -0.05) is 239 Å². The second-order valence-corrected chi connectivity index (χ2v) is 18.4. The number of unbranched alkanes of at least 4 members (excludes halogenated alkanes) is 19. The molecule has 0 bridgehead atoms. The number of carbonyl (C=O) groups is 3. The van der Waals surface area contributed by atoms with Crippen molar-refractivity contribution in [1.29, 1.82) is 0 Å². The minimum Gasteiger partial charge on any atom is -0.462 e. The fourth-order valence-electron chi connectivity index (χ4n) is 7.49. The molecular formula is C64H104O6. The van der Waals surface area contributed by atoms with E-state index < -0.39 is 6.10 Å². The molecule has 0 saturated heterocycles. The van der Waals surface area contributed by atoms with Gasteiger partial charge in [0.25, 0.3) is 0 Å². The lowest BCUT2D eigenvalue weighted by Gasteiger charge is -2.18. The fourth-order valence-corrected chi connectivity index (χ4v) is 7.49. The molecule has 6 nitrogen and oxygen atoms in total. The van der Waals surface area contributed by atoms with E-state index in [1.54, 1.807) is 0 Å². The van der Waals surface area contributed by atoms with E-state index in [0.29, 0.717) is 19.3 Å². The van der Waals surface area contributed by atoms with Crippen molar-refractivity contribution in [3.8, 4) is 0 Å². The summed E-state index contributed by atoms with van der Waals surface area (Å²) in [7, 11) is 0. The summed E-state index contributed by atoms with van der Waals surface area (Å²) in [5, 5.41) is 0. The van der Waals surface area contributed by atoms with Gasteiger partial charge in [-0.25, -0.2) is 0 Å². The standard InChI is InChI=1S/C64H104O6/c1-4-7-10-13-16-19-22-24-26-28-30-31-32-33-35-36-38-40-42-45-48-51-54-57-63(66)69-60-61(59-68-62(65)56-53-50-47-44-21-18-15-12-9-6-3)70-64(67)58-55-52-49-46-43-41-39-37-34-29-27-25-23-20-17-14-11-8-5-2/h7-8,10-11,16-17,19-20,24-27,30-31,33-35,37-38,40,61H,4-6,9,12-15,18,21-23,28-29,32,36,39,41-60H2,1-3H3/b10-7-,11-8-,19-16-,20-17-,26-24-,27-25-,31-30-,35-33-,37-34-,40-38-. The molecule has 0 heterocycles. The van der Waals surface area contributed by atoms with Gasteiger partial charge in [0.15, 0.2) is 6.10 Å². The average Bonchev–Trinajstić information content (AvgIpc) is 3.36. The average molecular weight is 970 g/mol. The van der Waals surface area contributed by atoms with Crippen LogP contribution >= 0.6 is 0 Å². The maximum absolute atomic E-state index is 12.8. The molecule has 1 atom stereocenters. The Labute approximate surface area is 431 Å². The number of hydrogen-bond acceptors (Lipinski definition) is 6. The van der Waals surface area contributed by atoms with Gasteiger partial charge in [-0.15, -0.1) is 0 Å². The number of ether oxygens (including phenoxy) is 3. The highest BCUT2D eigenvalue weighted by atomic mass is 16.6. The lowest BCUT2D eigenvalue weighted by atomic mass is 10.1. The third-order valence-corrected chi connectivity index (χ3v) is 11.7. The van der Waals surface area contributed by atoms with E-state index in [4.69, 9.17) is 14.2 Å². The highest BCUT2D eigenvalue weighted by Crippen LogP contribution is 2.14. The molecule has 0 spiro atoms. The van der Waals surface area contributed by atoms with Crippen molar-refractivity contribution in [2.24, 2.45) is 0 Å². The van der Waals surface area contributed by atoms with Gasteiger partial charge in [0.05, 0.1) is 0 Å². The molecule has 0 fully saturated rings. The Kier molecular flexibility index (Phi) is 54.0. The van der Waals surface area contributed by atoms with Gasteiger partial charge in [0.1, 0.15) is 13.2 Å². The number of esters is 3. The Hall–Kier alpha value is -4.19. The van der Waals surface area contributed by atoms with E-state index in [9.17, 15) is 14.4 Å². The van der Waals surface area contributed by atoms with Gasteiger partial charge in [-0.3, -0.25) is 14.4 Å². The van der Waals surface area contributed by atoms with Crippen LogP contribution in [0.2, 0.25) is 0 Å². The summed E-state index contributed by atoms with van der Waals surface area (Å²) in [5.74, 6) is -0.937. The first-order valence-electron chi connectivity index (χ1n) is 28.5. The highest BCUT2D eigenvalue weighted by Gasteiger charge is 2.19. The predicted octanol–water partition coefficient (Wildman–Crippen LogP) is 19.3. The maximum Gasteiger partial charge on any atom is 0.306 e. The third-order valence-electron chi connectivity index (χ3n) is 11.7. The van der Waals surface area contributed by atoms with Crippen molar-refractivity contribution in [1.82, 2.24) is 0 Å². The number of allylic oxidation sites excluding steroid dienone is 20. The van der Waals surface area contributed by atoms with Crippen LogP contribution in [0.4, 0.5) is 0 Å². The molecule has 1 unspecified atom stereocenters. The van der Waals surface area contributed by atoms with Gasteiger partial charge < -0.3 is 14.2 Å². The lowest BCUT2D eigenvalue weighted by molar-refractivity contribution is -0.167. The molecule has 0 aliphatic carbocycles. The second-order valence-electron chi connectivity index (χ2n) is 18.4. The van der Waals surface area contributed by atoms with Crippen molar-refractivity contribution >= 4 is 17.9 Å². The van der Waals surface area contributed by atoms with Crippen LogP contribution in [0.1, 0.15) is 245 Å². The fraction of sp³-hybridized carbons (Fsp3) is 0.641. The first-order chi connectivity index (χ1) is 34.5. The molecule has 0 amide bonds. The van der Waals surface area contributed by atoms with Gasteiger partial charge in [0.2, 0.25) is 0 Å². The Morgan fingerprint density at radius 1 is 0.300 bits per heavy atom. The molecule has 70 heavy (non-hydrogen) atoms. The minimum atomic E-state index is -0.798. The second kappa shape index (κ2) is 57.4. The first kappa shape index (κ1) is 65.8. The Bertz CT molecular complexity index is 1490. The minimum absolute atomic E-state index is 0.0938. The van der Waals surface area contributed by atoms with E-state index in [1.165, 1.54) is 57.8 Å². The molecule has 0 aromatic carbocycles. The van der Waals surface area contributed by atoms with Crippen LogP contribution in [-0.2, 0) is 28.6 Å². The van der Waals surface area contributed by atoms with Crippen molar-refractivity contribution < 1.29 is 28.6 Å². The van der Waals surface area contributed by atoms with E-state index in [2.05, 4.69) is 142 Å². The normalized spacial score (nSPS) is 13.0. The van der Waals surface area contributed by atoms with Crippen LogP contribution in [0, 0.1) is 0 Å². The summed E-state index contributed by atoms with van der Waals surface area (Å²) in [6.45, 7) is 6.36. The first-order valence-corrected chi connectivity index (χ1v) is 28.5. The van der Waals surface area contributed by atoms with Crippen LogP contribution in [0.25, 0.3) is 0 Å². The molecule has 0 aromatic heterocycles. The summed E-state index contributed by atoms with van der Waals surface area (Å²) in [4.78, 5) is 38.1. The van der Waals surface area contributed by atoms with Gasteiger partial charge >= 0.3 is 17.9 Å². The molecule has 0 rings (SSSR count). The molecule has 0 saturated carbocycles. The topological polar surface area (TPSA) is 78.9 Å². The maximum atomic E-state index is 12.8. The molecule has 0 radical (unpaired) electrons. The summed E-state index contributed by atoms with van der Waals surface area (Å²) >= 11 is 0. The smallest absolute Gasteiger partial charge is 0.306 e. The van der Waals surface area contributed by atoms with Crippen LogP contribution in [0.5, 0.6) is 0 Å². The van der Waals surface area contributed by atoms with Crippen molar-refractivity contribution in [3.63, 3.8) is 0 Å². The number of rotatable bonds is 50. The zero-order chi connectivity index (χ0) is 50.7. The molecule has 0 N–H and O–H groups in total. The Morgan fingerprint density at radius 2 is 0.557 bits per heavy atom. The number of carbonyl (C=O) groups excluding carboxylic acids is 3.